The molecule has 2 aromatic heterocycles. The van der Waals surface area contributed by atoms with Crippen LogP contribution in [-0.4, -0.2) is 17.1 Å². The molecule has 0 fully saturated rings. The third-order valence-electron chi connectivity index (χ3n) is 2.06. The molecule has 4 nitrogen and oxygen atoms in total. The summed E-state index contributed by atoms with van der Waals surface area (Å²) in [5, 5.41) is 3.64. The summed E-state index contributed by atoms with van der Waals surface area (Å²) in [5.41, 5.74) is 5.47. The molecule has 0 saturated heterocycles. The van der Waals surface area contributed by atoms with Gasteiger partial charge in [-0.1, -0.05) is 16.8 Å². The average molecular weight is 258 g/mol. The van der Waals surface area contributed by atoms with Gasteiger partial charge in [-0.15, -0.1) is 11.3 Å². The lowest BCUT2D eigenvalue weighted by molar-refractivity contribution is 0.269. The highest BCUT2D eigenvalue weighted by molar-refractivity contribution is 7.16. The topological polar surface area (TPSA) is 55.3 Å². The van der Waals surface area contributed by atoms with Crippen molar-refractivity contribution in [2.75, 3.05) is 12.8 Å². The summed E-state index contributed by atoms with van der Waals surface area (Å²) in [6.07, 6.45) is 0. The Labute approximate surface area is 103 Å². The minimum absolute atomic E-state index is 0.419. The monoisotopic (exact) mass is 257 g/mol. The fraction of sp³-hybridized carbons (Fsp3) is 0.300. The van der Waals surface area contributed by atoms with Crippen LogP contribution >= 0.6 is 22.9 Å². The van der Waals surface area contributed by atoms with Gasteiger partial charge >= 0.3 is 0 Å². The molecule has 2 rings (SSSR count). The molecule has 2 aromatic rings. The van der Waals surface area contributed by atoms with Crippen LogP contribution in [0.25, 0.3) is 0 Å². The lowest BCUT2D eigenvalue weighted by Gasteiger charge is -2.12. The third kappa shape index (κ3) is 2.98. The van der Waals surface area contributed by atoms with E-state index in [1.165, 1.54) is 4.88 Å². The van der Waals surface area contributed by atoms with Gasteiger partial charge < -0.3 is 10.3 Å². The van der Waals surface area contributed by atoms with Crippen molar-refractivity contribution in [3.63, 3.8) is 0 Å². The number of hydrogen-bond acceptors (Lipinski definition) is 5. The smallest absolute Gasteiger partial charge is 0.167 e. The van der Waals surface area contributed by atoms with E-state index in [-0.39, 0.29) is 0 Å². The molecule has 0 aromatic carbocycles. The molecule has 6 heteroatoms. The lowest BCUT2D eigenvalue weighted by Crippen LogP contribution is -2.16. The number of nitrogens with two attached hydrogens (primary N) is 1. The Morgan fingerprint density at radius 1 is 1.50 bits per heavy atom. The first kappa shape index (κ1) is 11.4. The van der Waals surface area contributed by atoms with Gasteiger partial charge in [0.2, 0.25) is 0 Å². The van der Waals surface area contributed by atoms with E-state index in [0.29, 0.717) is 12.4 Å². The second-order valence-electron chi connectivity index (χ2n) is 3.60. The van der Waals surface area contributed by atoms with E-state index in [2.05, 4.69) is 10.1 Å². The summed E-state index contributed by atoms with van der Waals surface area (Å²) in [7, 11) is 2.01. The molecule has 0 unspecified atom stereocenters. The zero-order valence-corrected chi connectivity index (χ0v) is 10.4. The normalized spacial score (nSPS) is 11.2. The van der Waals surface area contributed by atoms with Crippen molar-refractivity contribution in [2.45, 2.75) is 13.1 Å². The number of hydrogen-bond donors (Lipinski definition) is 1. The van der Waals surface area contributed by atoms with Crippen molar-refractivity contribution in [3.05, 3.63) is 33.2 Å². The fourth-order valence-electron chi connectivity index (χ4n) is 1.43. The van der Waals surface area contributed by atoms with Crippen LogP contribution in [0.2, 0.25) is 4.34 Å². The minimum atomic E-state index is 0.419. The van der Waals surface area contributed by atoms with Crippen LogP contribution in [0.1, 0.15) is 10.6 Å². The molecule has 2 N–H and O–H groups in total. The number of halogens is 1. The molecular weight excluding hydrogens is 246 g/mol. The lowest BCUT2D eigenvalue weighted by atomic mass is 10.4. The summed E-state index contributed by atoms with van der Waals surface area (Å²) >= 11 is 7.45. The highest BCUT2D eigenvalue weighted by Gasteiger charge is 2.07. The van der Waals surface area contributed by atoms with E-state index in [9.17, 15) is 0 Å². The molecule has 0 amide bonds. The number of rotatable bonds is 4. The van der Waals surface area contributed by atoms with Crippen LogP contribution in [-0.2, 0) is 13.1 Å². The molecule has 0 aliphatic rings. The number of thiophene rings is 1. The van der Waals surface area contributed by atoms with E-state index in [0.717, 1.165) is 16.6 Å². The van der Waals surface area contributed by atoms with Gasteiger partial charge in [0.25, 0.3) is 0 Å². The first-order valence-electron chi connectivity index (χ1n) is 4.77. The van der Waals surface area contributed by atoms with E-state index in [1.54, 1.807) is 17.4 Å². The van der Waals surface area contributed by atoms with Crippen molar-refractivity contribution in [1.82, 2.24) is 10.1 Å². The SMILES string of the molecule is CN(Cc1cc(N)no1)Cc1ccc(Cl)s1. The Morgan fingerprint density at radius 3 is 2.88 bits per heavy atom. The molecule has 0 radical (unpaired) electrons. The van der Waals surface area contributed by atoms with Gasteiger partial charge in [-0.25, -0.2) is 0 Å². The van der Waals surface area contributed by atoms with Gasteiger partial charge in [-0.05, 0) is 19.2 Å². The van der Waals surface area contributed by atoms with Gasteiger partial charge in [-0.2, -0.15) is 0 Å². The molecular formula is C10H12ClN3OS. The van der Waals surface area contributed by atoms with Crippen LogP contribution in [0.4, 0.5) is 5.82 Å². The number of anilines is 1. The van der Waals surface area contributed by atoms with Crippen molar-refractivity contribution in [1.29, 1.82) is 0 Å². The zero-order chi connectivity index (χ0) is 11.5. The van der Waals surface area contributed by atoms with Crippen molar-refractivity contribution < 1.29 is 4.52 Å². The standard InChI is InChI=1S/C10H12ClN3OS/c1-14(5-7-4-10(12)13-15-7)6-8-2-3-9(11)16-8/h2-4H,5-6H2,1H3,(H2,12,13). The van der Waals surface area contributed by atoms with Gasteiger partial charge in [0.05, 0.1) is 10.9 Å². The molecule has 2 heterocycles. The minimum Gasteiger partial charge on any atom is -0.381 e. The van der Waals surface area contributed by atoms with E-state index < -0.39 is 0 Å². The summed E-state index contributed by atoms with van der Waals surface area (Å²) in [6, 6.07) is 5.66. The number of aromatic nitrogens is 1. The van der Waals surface area contributed by atoms with Crippen LogP contribution in [0.5, 0.6) is 0 Å². The number of nitrogens with zero attached hydrogens (tertiary/aromatic N) is 2. The Morgan fingerprint density at radius 2 is 2.31 bits per heavy atom. The van der Waals surface area contributed by atoms with Crippen molar-refractivity contribution in [3.8, 4) is 0 Å². The second kappa shape index (κ2) is 4.86. The molecule has 0 aliphatic carbocycles. The van der Waals surface area contributed by atoms with Gasteiger partial charge in [-0.3, -0.25) is 4.90 Å². The summed E-state index contributed by atoms with van der Waals surface area (Å²) in [5.74, 6) is 1.19. The highest BCUT2D eigenvalue weighted by Crippen LogP contribution is 2.22. The predicted octanol–water partition coefficient (Wildman–Crippen LogP) is 2.60. The largest absolute Gasteiger partial charge is 0.381 e. The molecule has 0 bridgehead atoms. The highest BCUT2D eigenvalue weighted by atomic mass is 35.5. The molecule has 0 aliphatic heterocycles. The Kier molecular flexibility index (Phi) is 3.48. The molecule has 16 heavy (non-hydrogen) atoms. The van der Waals surface area contributed by atoms with Gasteiger partial charge in [0.15, 0.2) is 11.6 Å². The number of nitrogen functional groups attached to an aromatic ring is 1. The molecule has 0 atom stereocenters. The van der Waals surface area contributed by atoms with E-state index in [4.69, 9.17) is 21.9 Å². The van der Waals surface area contributed by atoms with Gasteiger partial charge in [0.1, 0.15) is 0 Å². The summed E-state index contributed by atoms with van der Waals surface area (Å²) in [4.78, 5) is 3.34. The van der Waals surface area contributed by atoms with Crippen LogP contribution in [0.15, 0.2) is 22.7 Å². The average Bonchev–Trinajstić information content (AvgIpc) is 2.76. The third-order valence-corrected chi connectivity index (χ3v) is 3.27. The first-order chi connectivity index (χ1) is 7.63. The fourth-order valence-corrected chi connectivity index (χ4v) is 2.60. The predicted molar refractivity (Wildman–Crippen MR) is 65.4 cm³/mol. The van der Waals surface area contributed by atoms with Crippen LogP contribution < -0.4 is 5.73 Å². The summed E-state index contributed by atoms with van der Waals surface area (Å²) in [6.45, 7) is 1.51. The Hall–Kier alpha value is -1.04. The zero-order valence-electron chi connectivity index (χ0n) is 8.81. The first-order valence-corrected chi connectivity index (χ1v) is 5.97. The van der Waals surface area contributed by atoms with Crippen LogP contribution in [0.3, 0.4) is 0 Å². The second-order valence-corrected chi connectivity index (χ2v) is 5.40. The van der Waals surface area contributed by atoms with Crippen LogP contribution in [0, 0.1) is 0 Å². The Bertz CT molecular complexity index is 426. The summed E-state index contributed by atoms with van der Waals surface area (Å²) < 4.78 is 5.85. The molecule has 0 spiro atoms. The maximum atomic E-state index is 5.86. The van der Waals surface area contributed by atoms with E-state index >= 15 is 0 Å². The quantitative estimate of drug-likeness (QED) is 0.915. The van der Waals surface area contributed by atoms with Gasteiger partial charge in [0, 0.05) is 17.5 Å². The maximum Gasteiger partial charge on any atom is 0.167 e. The Balaban J connectivity index is 1.91. The molecule has 86 valence electrons. The molecule has 0 saturated carbocycles. The maximum absolute atomic E-state index is 5.86. The van der Waals surface area contributed by atoms with Crippen molar-refractivity contribution >= 4 is 28.8 Å². The van der Waals surface area contributed by atoms with E-state index in [1.807, 2.05) is 19.2 Å². The van der Waals surface area contributed by atoms with Crippen molar-refractivity contribution in [2.24, 2.45) is 0 Å².